The first-order valence-corrected chi connectivity index (χ1v) is 5.21. The van der Waals surface area contributed by atoms with Crippen molar-refractivity contribution in [2.45, 2.75) is 33.1 Å². The summed E-state index contributed by atoms with van der Waals surface area (Å²) in [6.07, 6.45) is 0. The van der Waals surface area contributed by atoms with Crippen LogP contribution in [0.5, 0.6) is 0 Å². The lowest BCUT2D eigenvalue weighted by Gasteiger charge is -2.23. The van der Waals surface area contributed by atoms with E-state index in [1.807, 2.05) is 30.8 Å². The molecule has 0 aromatic carbocycles. The van der Waals surface area contributed by atoms with Gasteiger partial charge in [0, 0.05) is 26.7 Å². The molecule has 1 aromatic heterocycles. The quantitative estimate of drug-likeness (QED) is 0.757. The average Bonchev–Trinajstić information content (AvgIpc) is 2.23. The number of anilines is 1. The first-order valence-electron chi connectivity index (χ1n) is 5.21. The van der Waals surface area contributed by atoms with E-state index in [1.165, 1.54) is 5.56 Å². The van der Waals surface area contributed by atoms with Crippen LogP contribution < -0.4 is 5.43 Å². The first kappa shape index (κ1) is 12.0. The van der Waals surface area contributed by atoms with E-state index in [0.29, 0.717) is 0 Å². The van der Waals surface area contributed by atoms with Crippen molar-refractivity contribution in [3.05, 3.63) is 11.3 Å². The maximum Gasteiger partial charge on any atom is 0.142 e. The average molecular weight is 210 g/mol. The Morgan fingerprint density at radius 1 is 1.27 bits per heavy atom. The highest BCUT2D eigenvalue weighted by molar-refractivity contribution is 5.50. The van der Waals surface area contributed by atoms with Gasteiger partial charge in [0.25, 0.3) is 0 Å². The normalized spacial score (nSPS) is 12.3. The van der Waals surface area contributed by atoms with Gasteiger partial charge in [-0.1, -0.05) is 20.8 Å². The van der Waals surface area contributed by atoms with Gasteiger partial charge in [0.15, 0.2) is 0 Å². The second kappa shape index (κ2) is 3.85. The molecule has 0 aliphatic heterocycles. The summed E-state index contributed by atoms with van der Waals surface area (Å²) in [5.74, 6) is 1.07. The molecule has 0 spiro atoms. The van der Waals surface area contributed by atoms with Crippen LogP contribution >= 0.6 is 0 Å². The zero-order chi connectivity index (χ0) is 11.8. The van der Waals surface area contributed by atoms with E-state index in [-0.39, 0.29) is 5.41 Å². The Hall–Kier alpha value is -1.03. The molecule has 0 unspecified atom stereocenters. The Balaban J connectivity index is 3.24. The summed E-state index contributed by atoms with van der Waals surface area (Å²) < 4.78 is 1.90. The molecule has 1 aromatic rings. The Kier molecular flexibility index (Phi) is 3.09. The summed E-state index contributed by atoms with van der Waals surface area (Å²) in [5.41, 5.74) is 5.78. The van der Waals surface area contributed by atoms with E-state index in [4.69, 9.17) is 0 Å². The predicted molar refractivity (Wildman–Crippen MR) is 64.0 cm³/mol. The minimum atomic E-state index is 0.108. The third-order valence-corrected chi connectivity index (χ3v) is 2.30. The maximum absolute atomic E-state index is 4.46. The second-order valence-electron chi connectivity index (χ2n) is 5.19. The molecule has 0 saturated carbocycles. The summed E-state index contributed by atoms with van der Waals surface area (Å²) in [6, 6.07) is 0. The van der Waals surface area contributed by atoms with Crippen LogP contribution in [-0.2, 0) is 12.5 Å². The van der Waals surface area contributed by atoms with Gasteiger partial charge >= 0.3 is 0 Å². The number of aromatic nitrogens is 2. The minimum Gasteiger partial charge on any atom is -0.304 e. The fraction of sp³-hybridized carbons (Fsp3) is 0.727. The molecule has 0 bridgehead atoms. The number of nitrogens with zero attached hydrogens (tertiary/aromatic N) is 3. The SMILES string of the molecule is Cc1nn(C)c(NN(C)C)c1C(C)(C)C. The number of rotatable bonds is 2. The number of nitrogens with one attached hydrogen (secondary N) is 1. The van der Waals surface area contributed by atoms with Crippen LogP contribution in [-0.4, -0.2) is 28.9 Å². The maximum atomic E-state index is 4.46. The number of aryl methyl sites for hydroxylation is 2. The molecule has 86 valence electrons. The summed E-state index contributed by atoms with van der Waals surface area (Å²) >= 11 is 0. The van der Waals surface area contributed by atoms with Crippen molar-refractivity contribution in [1.82, 2.24) is 14.8 Å². The number of hydrogen-bond donors (Lipinski definition) is 1. The molecule has 1 heterocycles. The minimum absolute atomic E-state index is 0.108. The monoisotopic (exact) mass is 210 g/mol. The molecule has 4 nitrogen and oxygen atoms in total. The molecule has 0 saturated heterocycles. The van der Waals surface area contributed by atoms with E-state index >= 15 is 0 Å². The first-order chi connectivity index (χ1) is 6.73. The Labute approximate surface area is 92.2 Å². The summed E-state index contributed by atoms with van der Waals surface area (Å²) in [4.78, 5) is 0. The van der Waals surface area contributed by atoms with Crippen LogP contribution in [0, 0.1) is 6.92 Å². The molecule has 0 amide bonds. The van der Waals surface area contributed by atoms with Crippen LogP contribution in [0.3, 0.4) is 0 Å². The molecular weight excluding hydrogens is 188 g/mol. The molecule has 0 aliphatic rings. The molecule has 0 atom stereocenters. The number of hydrogen-bond acceptors (Lipinski definition) is 3. The molecule has 4 heteroatoms. The van der Waals surface area contributed by atoms with Crippen LogP contribution in [0.15, 0.2) is 0 Å². The predicted octanol–water partition coefficient (Wildman–Crippen LogP) is 1.91. The highest BCUT2D eigenvalue weighted by Crippen LogP contribution is 2.31. The van der Waals surface area contributed by atoms with E-state index in [1.54, 1.807) is 0 Å². The summed E-state index contributed by atoms with van der Waals surface area (Å²) in [5, 5.41) is 6.39. The lowest BCUT2D eigenvalue weighted by atomic mass is 9.87. The smallest absolute Gasteiger partial charge is 0.142 e. The zero-order valence-electron chi connectivity index (χ0n) is 10.8. The fourth-order valence-electron chi connectivity index (χ4n) is 1.90. The van der Waals surface area contributed by atoms with E-state index in [9.17, 15) is 0 Å². The van der Waals surface area contributed by atoms with E-state index in [0.717, 1.165) is 11.5 Å². The van der Waals surface area contributed by atoms with Crippen molar-refractivity contribution in [3.63, 3.8) is 0 Å². The highest BCUT2D eigenvalue weighted by Gasteiger charge is 2.24. The van der Waals surface area contributed by atoms with Gasteiger partial charge in [-0.3, -0.25) is 4.68 Å². The van der Waals surface area contributed by atoms with Gasteiger partial charge in [-0.2, -0.15) is 5.10 Å². The van der Waals surface area contributed by atoms with Crippen molar-refractivity contribution in [3.8, 4) is 0 Å². The van der Waals surface area contributed by atoms with E-state index < -0.39 is 0 Å². The van der Waals surface area contributed by atoms with Crippen LogP contribution in [0.4, 0.5) is 5.82 Å². The highest BCUT2D eigenvalue weighted by atomic mass is 15.5. The fourth-order valence-corrected chi connectivity index (χ4v) is 1.90. The molecule has 15 heavy (non-hydrogen) atoms. The van der Waals surface area contributed by atoms with Gasteiger partial charge in [0.05, 0.1) is 5.69 Å². The van der Waals surface area contributed by atoms with Crippen LogP contribution in [0.1, 0.15) is 32.0 Å². The molecule has 0 radical (unpaired) electrons. The van der Waals surface area contributed by atoms with Crippen molar-refractivity contribution < 1.29 is 0 Å². The Bertz CT molecular complexity index is 344. The molecular formula is C11H22N4. The van der Waals surface area contributed by atoms with Gasteiger partial charge in [-0.15, -0.1) is 0 Å². The van der Waals surface area contributed by atoms with Gasteiger partial charge in [-0.25, -0.2) is 5.01 Å². The summed E-state index contributed by atoms with van der Waals surface area (Å²) in [6.45, 7) is 8.68. The van der Waals surface area contributed by atoms with Gasteiger partial charge in [-0.05, 0) is 12.3 Å². The van der Waals surface area contributed by atoms with Gasteiger partial charge in [0.1, 0.15) is 5.82 Å². The topological polar surface area (TPSA) is 33.1 Å². The zero-order valence-corrected chi connectivity index (χ0v) is 10.8. The second-order valence-corrected chi connectivity index (χ2v) is 5.19. The Morgan fingerprint density at radius 3 is 2.20 bits per heavy atom. The third kappa shape index (κ3) is 2.50. The third-order valence-electron chi connectivity index (χ3n) is 2.30. The molecule has 0 fully saturated rings. The lowest BCUT2D eigenvalue weighted by molar-refractivity contribution is 0.480. The molecule has 1 N–H and O–H groups in total. The van der Waals surface area contributed by atoms with Crippen molar-refractivity contribution in [1.29, 1.82) is 0 Å². The summed E-state index contributed by atoms with van der Waals surface area (Å²) in [7, 11) is 5.93. The lowest BCUT2D eigenvalue weighted by Crippen LogP contribution is -2.24. The van der Waals surface area contributed by atoms with Crippen molar-refractivity contribution >= 4 is 5.82 Å². The standard InChI is InChI=1S/C11H22N4/c1-8-9(11(2,3)4)10(13-14(5)6)15(7)12-8/h13H,1-7H3. The van der Waals surface area contributed by atoms with Gasteiger partial charge in [0.2, 0.25) is 0 Å². The van der Waals surface area contributed by atoms with E-state index in [2.05, 4.69) is 38.2 Å². The van der Waals surface area contributed by atoms with Gasteiger partial charge < -0.3 is 5.43 Å². The van der Waals surface area contributed by atoms with Crippen LogP contribution in [0.25, 0.3) is 0 Å². The molecule has 1 rings (SSSR count). The Morgan fingerprint density at radius 2 is 1.80 bits per heavy atom. The van der Waals surface area contributed by atoms with Crippen LogP contribution in [0.2, 0.25) is 0 Å². The van der Waals surface area contributed by atoms with Crippen molar-refractivity contribution in [2.75, 3.05) is 19.5 Å². The largest absolute Gasteiger partial charge is 0.304 e. The number of hydrazine groups is 1. The molecule has 0 aliphatic carbocycles. The van der Waals surface area contributed by atoms with Crippen molar-refractivity contribution in [2.24, 2.45) is 7.05 Å².